The fraction of sp³-hybridized carbons (Fsp3) is 0.458. The lowest BCUT2D eigenvalue weighted by atomic mass is 9.97. The van der Waals surface area contributed by atoms with Gasteiger partial charge in [-0.25, -0.2) is 12.7 Å². The number of fused-ring (bicyclic) bond motifs is 1. The van der Waals surface area contributed by atoms with E-state index in [9.17, 15) is 13.2 Å². The molecule has 2 heterocycles. The van der Waals surface area contributed by atoms with Crippen LogP contribution in [0.1, 0.15) is 37.3 Å². The van der Waals surface area contributed by atoms with E-state index in [1.54, 1.807) is 4.31 Å². The Kier molecular flexibility index (Phi) is 6.25. The zero-order valence-electron chi connectivity index (χ0n) is 17.5. The first-order valence-electron chi connectivity index (χ1n) is 10.9. The number of benzene rings is 2. The second kappa shape index (κ2) is 8.90. The van der Waals surface area contributed by atoms with Crippen LogP contribution in [0.5, 0.6) is 0 Å². The van der Waals surface area contributed by atoms with Crippen LogP contribution >= 0.6 is 0 Å². The molecule has 0 spiro atoms. The van der Waals surface area contributed by atoms with Gasteiger partial charge < -0.3 is 4.90 Å². The lowest BCUT2D eigenvalue weighted by molar-refractivity contribution is -0.123. The Morgan fingerprint density at radius 2 is 1.80 bits per heavy atom. The van der Waals surface area contributed by atoms with Gasteiger partial charge in [0.15, 0.2) is 0 Å². The zero-order chi connectivity index (χ0) is 21.1. The number of carbonyl (C=O) groups is 1. The Bertz CT molecular complexity index is 991. The topological polar surface area (TPSA) is 57.7 Å². The van der Waals surface area contributed by atoms with Crippen molar-refractivity contribution >= 4 is 21.6 Å². The van der Waals surface area contributed by atoms with Crippen molar-refractivity contribution in [3.05, 3.63) is 65.7 Å². The van der Waals surface area contributed by atoms with Gasteiger partial charge in [0.05, 0.1) is 11.7 Å². The van der Waals surface area contributed by atoms with Gasteiger partial charge in [-0.2, -0.15) is 0 Å². The summed E-state index contributed by atoms with van der Waals surface area (Å²) in [7, 11) is -3.35. The third-order valence-electron chi connectivity index (χ3n) is 6.28. The Hall–Kier alpha value is -2.18. The maximum absolute atomic E-state index is 13.3. The highest BCUT2D eigenvalue weighted by molar-refractivity contribution is 7.89. The Labute approximate surface area is 179 Å². The van der Waals surface area contributed by atoms with E-state index in [0.29, 0.717) is 19.5 Å². The van der Waals surface area contributed by atoms with Crippen LogP contribution in [-0.2, 0) is 27.7 Å². The van der Waals surface area contributed by atoms with E-state index >= 15 is 0 Å². The van der Waals surface area contributed by atoms with Crippen molar-refractivity contribution in [1.82, 2.24) is 4.31 Å². The Balaban J connectivity index is 1.39. The molecular weight excluding hydrogens is 396 g/mol. The Morgan fingerprint density at radius 1 is 1.07 bits per heavy atom. The van der Waals surface area contributed by atoms with Crippen LogP contribution in [0.2, 0.25) is 0 Å². The molecule has 6 heteroatoms. The molecule has 4 rings (SSSR count). The maximum Gasteiger partial charge on any atom is 0.231 e. The van der Waals surface area contributed by atoms with Crippen molar-refractivity contribution < 1.29 is 13.2 Å². The third-order valence-corrected chi connectivity index (χ3v) is 8.21. The average Bonchev–Trinajstić information content (AvgIpc) is 3.09. The second-order valence-corrected chi connectivity index (χ2v) is 10.6. The van der Waals surface area contributed by atoms with Crippen LogP contribution in [0.15, 0.2) is 54.6 Å². The number of sulfonamides is 1. The SMILES string of the molecule is C[C@H]1Cc2ccccc2N1C(=O)[C@H]1CCCN(S(=O)(=O)CCCc2ccccc2)C1. The van der Waals surface area contributed by atoms with E-state index < -0.39 is 10.0 Å². The lowest BCUT2D eigenvalue weighted by Crippen LogP contribution is -2.48. The fourth-order valence-corrected chi connectivity index (χ4v) is 6.31. The van der Waals surface area contributed by atoms with Crippen LogP contribution in [0.3, 0.4) is 0 Å². The molecule has 30 heavy (non-hydrogen) atoms. The molecule has 0 bridgehead atoms. The summed E-state index contributed by atoms with van der Waals surface area (Å²) in [6.07, 6.45) is 3.69. The monoisotopic (exact) mass is 426 g/mol. The molecule has 2 aliphatic heterocycles. The highest BCUT2D eigenvalue weighted by Crippen LogP contribution is 2.34. The number of carbonyl (C=O) groups excluding carboxylic acids is 1. The molecule has 2 aromatic rings. The normalized spacial score (nSPS) is 22.1. The van der Waals surface area contributed by atoms with E-state index in [-0.39, 0.29) is 23.6 Å². The highest BCUT2D eigenvalue weighted by Gasteiger charge is 2.38. The number of hydrogen-bond donors (Lipinski definition) is 0. The van der Waals surface area contributed by atoms with Crippen molar-refractivity contribution in [2.45, 2.75) is 45.1 Å². The smallest absolute Gasteiger partial charge is 0.231 e. The molecule has 0 unspecified atom stereocenters. The Morgan fingerprint density at radius 3 is 2.60 bits per heavy atom. The average molecular weight is 427 g/mol. The molecule has 1 fully saturated rings. The van der Waals surface area contributed by atoms with Crippen LogP contribution in [-0.4, -0.2) is 43.5 Å². The van der Waals surface area contributed by atoms with Gasteiger partial charge in [0, 0.05) is 24.8 Å². The molecule has 2 atom stereocenters. The number of aryl methyl sites for hydroxylation is 1. The molecule has 160 valence electrons. The zero-order valence-corrected chi connectivity index (χ0v) is 18.4. The summed E-state index contributed by atoms with van der Waals surface area (Å²) in [5.74, 6) is -0.0703. The maximum atomic E-state index is 13.3. The van der Waals surface area contributed by atoms with Crippen molar-refractivity contribution in [3.63, 3.8) is 0 Å². The first-order chi connectivity index (χ1) is 14.5. The van der Waals surface area contributed by atoms with E-state index in [0.717, 1.165) is 36.9 Å². The molecule has 0 aliphatic carbocycles. The summed E-state index contributed by atoms with van der Waals surface area (Å²) in [5.41, 5.74) is 3.33. The van der Waals surface area contributed by atoms with Crippen LogP contribution < -0.4 is 4.90 Å². The molecule has 2 aromatic carbocycles. The van der Waals surface area contributed by atoms with Crippen LogP contribution in [0.4, 0.5) is 5.69 Å². The van der Waals surface area contributed by atoms with Gasteiger partial charge in [-0.15, -0.1) is 0 Å². The minimum Gasteiger partial charge on any atom is -0.309 e. The highest BCUT2D eigenvalue weighted by atomic mass is 32.2. The predicted molar refractivity (Wildman–Crippen MR) is 120 cm³/mol. The molecule has 0 N–H and O–H groups in total. The van der Waals surface area contributed by atoms with Crippen molar-refractivity contribution in [2.24, 2.45) is 5.92 Å². The fourth-order valence-electron chi connectivity index (χ4n) is 4.73. The first-order valence-corrected chi connectivity index (χ1v) is 12.5. The van der Waals surface area contributed by atoms with Gasteiger partial charge in [-0.05, 0) is 56.2 Å². The van der Waals surface area contributed by atoms with Crippen LogP contribution in [0.25, 0.3) is 0 Å². The number of piperidine rings is 1. The number of amides is 1. The summed E-state index contributed by atoms with van der Waals surface area (Å²) in [4.78, 5) is 15.2. The molecule has 0 radical (unpaired) electrons. The standard InChI is InChI=1S/C24H30N2O3S/c1-19-17-21-12-5-6-14-23(21)26(19)24(27)22-13-7-15-25(18-22)30(28,29)16-8-11-20-9-3-2-4-10-20/h2-6,9-10,12,14,19,22H,7-8,11,13,15-18H2,1H3/t19-,22-/m0/s1. The van der Waals surface area contributed by atoms with Gasteiger partial charge in [0.2, 0.25) is 15.9 Å². The first kappa shape index (κ1) is 21.1. The van der Waals surface area contributed by atoms with E-state index in [4.69, 9.17) is 0 Å². The van der Waals surface area contributed by atoms with Gasteiger partial charge in [0.25, 0.3) is 0 Å². The molecule has 0 aromatic heterocycles. The molecule has 1 saturated heterocycles. The summed E-state index contributed by atoms with van der Waals surface area (Å²) < 4.78 is 27.4. The number of para-hydroxylation sites is 1. The summed E-state index contributed by atoms with van der Waals surface area (Å²) in [6.45, 7) is 2.89. The quantitative estimate of drug-likeness (QED) is 0.709. The number of hydrogen-bond acceptors (Lipinski definition) is 3. The minimum atomic E-state index is -3.35. The largest absolute Gasteiger partial charge is 0.309 e. The summed E-state index contributed by atoms with van der Waals surface area (Å²) in [5, 5.41) is 0. The molecule has 1 amide bonds. The van der Waals surface area contributed by atoms with Crippen molar-refractivity contribution in [1.29, 1.82) is 0 Å². The molecular formula is C24H30N2O3S. The number of rotatable bonds is 6. The van der Waals surface area contributed by atoms with Gasteiger partial charge in [-0.3, -0.25) is 4.79 Å². The number of anilines is 1. The minimum absolute atomic E-state index is 0.0663. The van der Waals surface area contributed by atoms with E-state index in [1.165, 1.54) is 5.56 Å². The third kappa shape index (κ3) is 4.44. The van der Waals surface area contributed by atoms with Gasteiger partial charge in [0.1, 0.15) is 0 Å². The van der Waals surface area contributed by atoms with E-state index in [2.05, 4.69) is 13.0 Å². The second-order valence-electron chi connectivity index (χ2n) is 8.49. The van der Waals surface area contributed by atoms with Crippen molar-refractivity contribution in [3.8, 4) is 0 Å². The van der Waals surface area contributed by atoms with Gasteiger partial charge >= 0.3 is 0 Å². The summed E-state index contributed by atoms with van der Waals surface area (Å²) in [6, 6.07) is 18.1. The van der Waals surface area contributed by atoms with Gasteiger partial charge in [-0.1, -0.05) is 48.5 Å². The number of nitrogens with zero attached hydrogens (tertiary/aromatic N) is 2. The van der Waals surface area contributed by atoms with Crippen LogP contribution in [0, 0.1) is 5.92 Å². The summed E-state index contributed by atoms with van der Waals surface area (Å²) >= 11 is 0. The molecule has 2 aliphatic rings. The van der Waals surface area contributed by atoms with E-state index in [1.807, 2.05) is 53.4 Å². The molecule has 5 nitrogen and oxygen atoms in total. The predicted octanol–water partition coefficient (Wildman–Crippen LogP) is 3.64. The lowest BCUT2D eigenvalue weighted by Gasteiger charge is -2.34. The molecule has 0 saturated carbocycles. The van der Waals surface area contributed by atoms with Crippen molar-refractivity contribution in [2.75, 3.05) is 23.7 Å².